The summed E-state index contributed by atoms with van der Waals surface area (Å²) in [7, 11) is -4.15. The van der Waals surface area contributed by atoms with Gasteiger partial charge in [0.2, 0.25) is 10.0 Å². The van der Waals surface area contributed by atoms with Crippen LogP contribution in [0.4, 0.5) is 13.2 Å². The third kappa shape index (κ3) is 2.75. The van der Waals surface area contributed by atoms with Gasteiger partial charge in [0, 0.05) is 31.7 Å². The number of benzene rings is 1. The second-order valence-corrected chi connectivity index (χ2v) is 6.32. The first-order valence-electron chi connectivity index (χ1n) is 5.70. The van der Waals surface area contributed by atoms with Crippen molar-refractivity contribution in [2.24, 2.45) is 0 Å². The molecule has 1 atom stereocenters. The predicted octanol–water partition coefficient (Wildman–Crippen LogP) is 1.09. The van der Waals surface area contributed by atoms with Crippen molar-refractivity contribution < 1.29 is 21.6 Å². The first-order valence-corrected chi connectivity index (χ1v) is 7.14. The second-order valence-electron chi connectivity index (χ2n) is 4.41. The molecule has 1 saturated heterocycles. The molecule has 0 saturated carbocycles. The van der Waals surface area contributed by atoms with Crippen LogP contribution in [-0.2, 0) is 10.0 Å². The van der Waals surface area contributed by atoms with E-state index < -0.39 is 32.4 Å². The summed E-state index contributed by atoms with van der Waals surface area (Å²) in [6, 6.07) is 0.539. The van der Waals surface area contributed by atoms with Crippen LogP contribution in [-0.4, -0.2) is 38.4 Å². The van der Waals surface area contributed by atoms with Gasteiger partial charge in [-0.25, -0.2) is 21.6 Å². The van der Waals surface area contributed by atoms with Crippen molar-refractivity contribution in [3.05, 3.63) is 29.6 Å². The van der Waals surface area contributed by atoms with Gasteiger partial charge in [0.05, 0.1) is 0 Å². The van der Waals surface area contributed by atoms with Crippen LogP contribution in [0.3, 0.4) is 0 Å². The molecule has 1 N–H and O–H groups in total. The molecule has 1 heterocycles. The first-order chi connectivity index (χ1) is 8.82. The monoisotopic (exact) mass is 294 g/mol. The molecule has 0 amide bonds. The van der Waals surface area contributed by atoms with E-state index in [-0.39, 0.29) is 25.2 Å². The standard InChI is InChI=1S/C11H13F3N2O2S/c1-7-6-16(3-2-15-7)19(17,18)11-5-9(13)8(12)4-10(11)14/h4-5,7,15H,2-3,6H2,1H3. The van der Waals surface area contributed by atoms with Crippen LogP contribution in [0.15, 0.2) is 17.0 Å². The van der Waals surface area contributed by atoms with Crippen molar-refractivity contribution in [2.75, 3.05) is 19.6 Å². The lowest BCUT2D eigenvalue weighted by Crippen LogP contribution is -2.51. The van der Waals surface area contributed by atoms with E-state index in [2.05, 4.69) is 5.32 Å². The van der Waals surface area contributed by atoms with Gasteiger partial charge < -0.3 is 5.32 Å². The summed E-state index contributed by atoms with van der Waals surface area (Å²) in [4.78, 5) is -0.833. The van der Waals surface area contributed by atoms with Crippen molar-refractivity contribution in [3.63, 3.8) is 0 Å². The second kappa shape index (κ2) is 5.10. The Morgan fingerprint density at radius 2 is 1.84 bits per heavy atom. The van der Waals surface area contributed by atoms with Gasteiger partial charge in [0.25, 0.3) is 0 Å². The fourth-order valence-corrected chi connectivity index (χ4v) is 3.54. The van der Waals surface area contributed by atoms with Gasteiger partial charge >= 0.3 is 0 Å². The lowest BCUT2D eigenvalue weighted by Gasteiger charge is -2.31. The maximum Gasteiger partial charge on any atom is 0.246 e. The largest absolute Gasteiger partial charge is 0.312 e. The highest BCUT2D eigenvalue weighted by Gasteiger charge is 2.31. The van der Waals surface area contributed by atoms with Crippen LogP contribution in [0.25, 0.3) is 0 Å². The maximum atomic E-state index is 13.6. The van der Waals surface area contributed by atoms with Gasteiger partial charge in [-0.3, -0.25) is 0 Å². The molecule has 106 valence electrons. The summed E-state index contributed by atoms with van der Waals surface area (Å²) in [6.07, 6.45) is 0. The van der Waals surface area contributed by atoms with Crippen LogP contribution in [0, 0.1) is 17.5 Å². The van der Waals surface area contributed by atoms with Gasteiger partial charge in [-0.2, -0.15) is 4.31 Å². The molecule has 0 bridgehead atoms. The number of sulfonamides is 1. The summed E-state index contributed by atoms with van der Waals surface area (Å²) in [5.74, 6) is -4.08. The van der Waals surface area contributed by atoms with Gasteiger partial charge in [-0.15, -0.1) is 0 Å². The number of nitrogens with zero attached hydrogens (tertiary/aromatic N) is 1. The van der Waals surface area contributed by atoms with E-state index in [4.69, 9.17) is 0 Å². The Hall–Kier alpha value is -1.12. The van der Waals surface area contributed by atoms with Gasteiger partial charge in [0.15, 0.2) is 11.6 Å². The SMILES string of the molecule is CC1CN(S(=O)(=O)c2cc(F)c(F)cc2F)CCN1. The van der Waals surface area contributed by atoms with Crippen molar-refractivity contribution >= 4 is 10.0 Å². The molecule has 8 heteroatoms. The molecule has 1 aromatic carbocycles. The van der Waals surface area contributed by atoms with Gasteiger partial charge in [-0.1, -0.05) is 0 Å². The minimum atomic E-state index is -4.15. The van der Waals surface area contributed by atoms with E-state index in [9.17, 15) is 21.6 Å². The van der Waals surface area contributed by atoms with Crippen LogP contribution in [0.2, 0.25) is 0 Å². The average Bonchev–Trinajstić information content (AvgIpc) is 2.33. The highest BCUT2D eigenvalue weighted by Crippen LogP contribution is 2.23. The predicted molar refractivity (Wildman–Crippen MR) is 62.5 cm³/mol. The lowest BCUT2D eigenvalue weighted by molar-refractivity contribution is 0.309. The topological polar surface area (TPSA) is 49.4 Å². The highest BCUT2D eigenvalue weighted by atomic mass is 32.2. The lowest BCUT2D eigenvalue weighted by atomic mass is 10.3. The highest BCUT2D eigenvalue weighted by molar-refractivity contribution is 7.89. The molecule has 2 rings (SSSR count). The first kappa shape index (κ1) is 14.3. The minimum absolute atomic E-state index is 0.0862. The van der Waals surface area contributed by atoms with Crippen molar-refractivity contribution in [2.45, 2.75) is 17.9 Å². The van der Waals surface area contributed by atoms with Crippen molar-refractivity contribution in [3.8, 4) is 0 Å². The molecule has 0 aromatic heterocycles. The summed E-state index contributed by atoms with van der Waals surface area (Å²) >= 11 is 0. The molecule has 1 unspecified atom stereocenters. The van der Waals surface area contributed by atoms with E-state index in [0.717, 1.165) is 4.31 Å². The smallest absolute Gasteiger partial charge is 0.246 e. The number of nitrogens with one attached hydrogen (secondary N) is 1. The van der Waals surface area contributed by atoms with Crippen molar-refractivity contribution in [1.82, 2.24) is 9.62 Å². The molecule has 19 heavy (non-hydrogen) atoms. The quantitative estimate of drug-likeness (QED) is 0.831. The number of rotatable bonds is 2. The normalized spacial score (nSPS) is 21.6. The van der Waals surface area contributed by atoms with Crippen LogP contribution >= 0.6 is 0 Å². The summed E-state index contributed by atoms with van der Waals surface area (Å²) in [5, 5.41) is 3.04. The molecular weight excluding hydrogens is 281 g/mol. The third-order valence-electron chi connectivity index (χ3n) is 2.92. The molecule has 0 spiro atoms. The Morgan fingerprint density at radius 1 is 1.21 bits per heavy atom. The zero-order valence-electron chi connectivity index (χ0n) is 10.2. The zero-order chi connectivity index (χ0) is 14.2. The zero-order valence-corrected chi connectivity index (χ0v) is 11.0. The fraction of sp³-hybridized carbons (Fsp3) is 0.455. The fourth-order valence-electron chi connectivity index (χ4n) is 1.96. The van der Waals surface area contributed by atoms with Gasteiger partial charge in [-0.05, 0) is 13.0 Å². The Morgan fingerprint density at radius 3 is 2.47 bits per heavy atom. The van der Waals surface area contributed by atoms with Crippen LogP contribution in [0.5, 0.6) is 0 Å². The molecule has 1 aliphatic heterocycles. The number of halogens is 3. The Kier molecular flexibility index (Phi) is 3.84. The number of hydrogen-bond donors (Lipinski definition) is 1. The Bertz CT molecular complexity index is 592. The Labute approximate surface area is 109 Å². The molecule has 1 fully saturated rings. The van der Waals surface area contributed by atoms with Crippen LogP contribution in [0.1, 0.15) is 6.92 Å². The van der Waals surface area contributed by atoms with E-state index in [1.54, 1.807) is 6.92 Å². The summed E-state index contributed by atoms with van der Waals surface area (Å²) < 4.78 is 64.9. The van der Waals surface area contributed by atoms with E-state index in [1.807, 2.05) is 0 Å². The molecule has 4 nitrogen and oxygen atoms in total. The molecule has 1 aromatic rings. The molecule has 1 aliphatic rings. The summed E-state index contributed by atoms with van der Waals surface area (Å²) in [6.45, 7) is 2.51. The van der Waals surface area contributed by atoms with Crippen LogP contribution < -0.4 is 5.32 Å². The van der Waals surface area contributed by atoms with E-state index >= 15 is 0 Å². The van der Waals surface area contributed by atoms with Gasteiger partial charge in [0.1, 0.15) is 10.7 Å². The van der Waals surface area contributed by atoms with E-state index in [0.29, 0.717) is 12.6 Å². The average molecular weight is 294 g/mol. The third-order valence-corrected chi connectivity index (χ3v) is 4.80. The maximum absolute atomic E-state index is 13.6. The summed E-state index contributed by atoms with van der Waals surface area (Å²) in [5.41, 5.74) is 0. The van der Waals surface area contributed by atoms with Crippen molar-refractivity contribution in [1.29, 1.82) is 0 Å². The number of hydrogen-bond acceptors (Lipinski definition) is 3. The number of piperazine rings is 1. The molecular formula is C11H13F3N2O2S. The van der Waals surface area contributed by atoms with E-state index in [1.165, 1.54) is 0 Å². The molecule has 0 radical (unpaired) electrons. The minimum Gasteiger partial charge on any atom is -0.312 e. The molecule has 0 aliphatic carbocycles. The Balaban J connectivity index is 2.42.